The molecule has 0 amide bonds. The van der Waals surface area contributed by atoms with Crippen molar-refractivity contribution in [3.8, 4) is 0 Å². The van der Waals surface area contributed by atoms with Gasteiger partial charge in [0.25, 0.3) is 0 Å². The van der Waals surface area contributed by atoms with Crippen molar-refractivity contribution in [3.05, 3.63) is 16.1 Å². The quantitative estimate of drug-likeness (QED) is 0.430. The molecule has 1 unspecified atom stereocenters. The zero-order chi connectivity index (χ0) is 15.4. The van der Waals surface area contributed by atoms with Crippen molar-refractivity contribution < 1.29 is 4.74 Å². The normalized spacial score (nSPS) is 23.0. The van der Waals surface area contributed by atoms with E-state index in [0.29, 0.717) is 6.04 Å². The minimum Gasteiger partial charge on any atom is -0.379 e. The van der Waals surface area contributed by atoms with Crippen LogP contribution in [-0.4, -0.2) is 73.2 Å². The number of halogens is 1. The molecular weight excluding hydrogens is 425 g/mol. The molecule has 3 rings (SSSR count). The fourth-order valence-electron chi connectivity index (χ4n) is 3.14. The number of nitrogens with one attached hydrogen (secondary N) is 1. The van der Waals surface area contributed by atoms with Crippen LogP contribution in [0.15, 0.2) is 11.2 Å². The molecule has 2 aliphatic rings. The van der Waals surface area contributed by atoms with Crippen LogP contribution in [0.4, 0.5) is 0 Å². The lowest BCUT2D eigenvalue weighted by Gasteiger charge is -2.32. The molecule has 1 aromatic heterocycles. The van der Waals surface area contributed by atoms with Gasteiger partial charge in [-0.3, -0.25) is 9.89 Å². The van der Waals surface area contributed by atoms with Crippen molar-refractivity contribution in [1.82, 2.24) is 20.1 Å². The number of ether oxygens (including phenoxy) is 1. The fourth-order valence-corrected chi connectivity index (χ4v) is 3.87. The summed E-state index contributed by atoms with van der Waals surface area (Å²) < 4.78 is 5.45. The van der Waals surface area contributed by atoms with Crippen molar-refractivity contribution in [2.24, 2.45) is 4.99 Å². The Bertz CT molecular complexity index is 518. The van der Waals surface area contributed by atoms with Crippen LogP contribution in [0.5, 0.6) is 0 Å². The third-order valence-electron chi connectivity index (χ3n) is 4.30. The molecule has 2 aliphatic heterocycles. The van der Waals surface area contributed by atoms with E-state index in [-0.39, 0.29) is 24.0 Å². The Balaban J connectivity index is 0.00000192. The Morgan fingerprint density at radius 3 is 2.87 bits per heavy atom. The van der Waals surface area contributed by atoms with E-state index < -0.39 is 0 Å². The summed E-state index contributed by atoms with van der Waals surface area (Å²) in [6.45, 7) is 8.81. The number of morpholine rings is 1. The number of hydrogen-bond acceptors (Lipinski definition) is 5. The number of aryl methyl sites for hydroxylation is 1. The van der Waals surface area contributed by atoms with E-state index in [1.807, 2.05) is 13.2 Å². The van der Waals surface area contributed by atoms with Gasteiger partial charge >= 0.3 is 0 Å². The van der Waals surface area contributed by atoms with Crippen LogP contribution in [0.2, 0.25) is 0 Å². The average Bonchev–Trinajstić information content (AvgIpc) is 3.18. The monoisotopic (exact) mass is 451 g/mol. The number of nitrogens with zero attached hydrogens (tertiary/aromatic N) is 4. The molecule has 23 heavy (non-hydrogen) atoms. The van der Waals surface area contributed by atoms with Crippen LogP contribution in [0.1, 0.15) is 16.3 Å². The lowest BCUT2D eigenvalue weighted by molar-refractivity contribution is 0.0195. The van der Waals surface area contributed by atoms with Crippen LogP contribution in [-0.2, 0) is 11.3 Å². The van der Waals surface area contributed by atoms with Gasteiger partial charge < -0.3 is 15.0 Å². The molecule has 0 bridgehead atoms. The molecular formula is C15H26IN5OS. The largest absolute Gasteiger partial charge is 0.379 e. The highest BCUT2D eigenvalue weighted by atomic mass is 127. The summed E-state index contributed by atoms with van der Waals surface area (Å²) >= 11 is 1.74. The Labute approximate surface area is 159 Å². The van der Waals surface area contributed by atoms with Gasteiger partial charge in [-0.2, -0.15) is 0 Å². The lowest BCUT2D eigenvalue weighted by atomic mass is 10.2. The van der Waals surface area contributed by atoms with Gasteiger partial charge in [-0.25, -0.2) is 4.98 Å². The first kappa shape index (κ1) is 18.9. The summed E-state index contributed by atoms with van der Waals surface area (Å²) in [5.74, 6) is 0.989. The number of aliphatic imine (C=N–C) groups is 1. The number of thiazole rings is 1. The third kappa shape index (κ3) is 5.01. The highest BCUT2D eigenvalue weighted by molar-refractivity contribution is 14.0. The maximum absolute atomic E-state index is 5.45. The predicted molar refractivity (Wildman–Crippen MR) is 105 cm³/mol. The van der Waals surface area contributed by atoms with Crippen molar-refractivity contribution in [2.75, 3.05) is 46.4 Å². The van der Waals surface area contributed by atoms with Crippen LogP contribution in [0.25, 0.3) is 0 Å². The molecule has 6 nitrogen and oxygen atoms in total. The van der Waals surface area contributed by atoms with E-state index in [1.54, 1.807) is 11.3 Å². The molecule has 3 heterocycles. The van der Waals surface area contributed by atoms with Crippen LogP contribution >= 0.6 is 35.3 Å². The smallest absolute Gasteiger partial charge is 0.194 e. The van der Waals surface area contributed by atoms with Gasteiger partial charge in [0, 0.05) is 50.3 Å². The van der Waals surface area contributed by atoms with Gasteiger partial charge in [0.15, 0.2) is 5.96 Å². The first-order valence-electron chi connectivity index (χ1n) is 7.95. The first-order chi connectivity index (χ1) is 10.8. The first-order valence-corrected chi connectivity index (χ1v) is 8.76. The molecule has 0 aromatic carbocycles. The van der Waals surface area contributed by atoms with Gasteiger partial charge in [-0.15, -0.1) is 35.3 Å². The van der Waals surface area contributed by atoms with Crippen LogP contribution in [0.3, 0.4) is 0 Å². The summed E-state index contributed by atoms with van der Waals surface area (Å²) in [5, 5.41) is 4.56. The van der Waals surface area contributed by atoms with Crippen molar-refractivity contribution in [2.45, 2.75) is 25.9 Å². The third-order valence-corrected chi connectivity index (χ3v) is 5.22. The molecule has 0 spiro atoms. The van der Waals surface area contributed by atoms with E-state index >= 15 is 0 Å². The molecule has 2 fully saturated rings. The standard InChI is InChI=1S/C15H25N5OS.HI/c1-12-9-17-14(22-12)10-18-15(16-2)20-4-3-13(11-20)19-5-7-21-8-6-19;/h9,13H,3-8,10-11H2,1-2H3,(H,16,18);1H. The second-order valence-electron chi connectivity index (χ2n) is 5.80. The lowest BCUT2D eigenvalue weighted by Crippen LogP contribution is -2.46. The number of hydrogen-bond donors (Lipinski definition) is 1. The summed E-state index contributed by atoms with van der Waals surface area (Å²) in [6, 6.07) is 0.629. The van der Waals surface area contributed by atoms with Gasteiger partial charge in [0.1, 0.15) is 5.01 Å². The molecule has 1 aromatic rings. The molecule has 0 radical (unpaired) electrons. The van der Waals surface area contributed by atoms with E-state index in [0.717, 1.165) is 56.9 Å². The SMILES string of the molecule is CN=C(NCc1ncc(C)s1)N1CCC(N2CCOCC2)C1.I. The topological polar surface area (TPSA) is 53.0 Å². The van der Waals surface area contributed by atoms with Gasteiger partial charge in [0.05, 0.1) is 19.8 Å². The Morgan fingerprint density at radius 2 is 2.22 bits per heavy atom. The Kier molecular flexibility index (Phi) is 7.51. The van der Waals surface area contributed by atoms with E-state index in [4.69, 9.17) is 4.74 Å². The highest BCUT2D eigenvalue weighted by Crippen LogP contribution is 2.17. The summed E-state index contributed by atoms with van der Waals surface area (Å²) in [4.78, 5) is 15.0. The summed E-state index contributed by atoms with van der Waals surface area (Å²) in [7, 11) is 1.86. The predicted octanol–water partition coefficient (Wildman–Crippen LogP) is 1.55. The molecule has 8 heteroatoms. The number of aromatic nitrogens is 1. The number of guanidine groups is 1. The molecule has 2 saturated heterocycles. The summed E-state index contributed by atoms with van der Waals surface area (Å²) in [5.41, 5.74) is 0. The molecule has 0 aliphatic carbocycles. The summed E-state index contributed by atoms with van der Waals surface area (Å²) in [6.07, 6.45) is 3.13. The Morgan fingerprint density at radius 1 is 1.43 bits per heavy atom. The number of likely N-dealkylation sites (tertiary alicyclic amines) is 1. The molecule has 1 N–H and O–H groups in total. The minimum absolute atomic E-state index is 0. The van der Waals surface area contributed by atoms with Gasteiger partial charge in [-0.1, -0.05) is 0 Å². The van der Waals surface area contributed by atoms with E-state index in [1.165, 1.54) is 11.3 Å². The van der Waals surface area contributed by atoms with Gasteiger partial charge in [-0.05, 0) is 13.3 Å². The zero-order valence-electron chi connectivity index (χ0n) is 13.8. The molecule has 0 saturated carbocycles. The second kappa shape index (κ2) is 9.14. The van der Waals surface area contributed by atoms with E-state index in [9.17, 15) is 0 Å². The number of rotatable bonds is 3. The fraction of sp³-hybridized carbons (Fsp3) is 0.733. The highest BCUT2D eigenvalue weighted by Gasteiger charge is 2.30. The van der Waals surface area contributed by atoms with E-state index in [2.05, 4.69) is 32.0 Å². The molecule has 130 valence electrons. The Hall–Kier alpha value is -0.450. The van der Waals surface area contributed by atoms with Crippen LogP contribution in [0, 0.1) is 6.92 Å². The zero-order valence-corrected chi connectivity index (χ0v) is 17.0. The molecule has 1 atom stereocenters. The van der Waals surface area contributed by atoms with Crippen molar-refractivity contribution in [3.63, 3.8) is 0 Å². The van der Waals surface area contributed by atoms with Crippen molar-refractivity contribution in [1.29, 1.82) is 0 Å². The maximum Gasteiger partial charge on any atom is 0.194 e. The average molecular weight is 451 g/mol. The van der Waals surface area contributed by atoms with Crippen molar-refractivity contribution >= 4 is 41.3 Å². The van der Waals surface area contributed by atoms with Gasteiger partial charge in [0.2, 0.25) is 0 Å². The minimum atomic E-state index is 0. The van der Waals surface area contributed by atoms with Crippen LogP contribution < -0.4 is 5.32 Å². The maximum atomic E-state index is 5.45. The second-order valence-corrected chi connectivity index (χ2v) is 7.12.